The molecular formula is C18H23N3O2. The Morgan fingerprint density at radius 1 is 1.17 bits per heavy atom. The molecule has 1 aliphatic heterocycles. The van der Waals surface area contributed by atoms with Crippen molar-refractivity contribution in [2.75, 3.05) is 13.1 Å². The Morgan fingerprint density at radius 2 is 1.87 bits per heavy atom. The molecule has 1 aromatic rings. The van der Waals surface area contributed by atoms with Crippen LogP contribution in [-0.2, 0) is 17.6 Å². The van der Waals surface area contributed by atoms with Crippen molar-refractivity contribution >= 4 is 5.91 Å². The largest absolute Gasteiger partial charge is 0.342 e. The van der Waals surface area contributed by atoms with Gasteiger partial charge in [0.1, 0.15) is 5.82 Å². The van der Waals surface area contributed by atoms with Crippen LogP contribution in [0.3, 0.4) is 0 Å². The average Bonchev–Trinajstić information content (AvgIpc) is 3.06. The van der Waals surface area contributed by atoms with Gasteiger partial charge in [0.05, 0.1) is 5.69 Å². The molecule has 0 unspecified atom stereocenters. The van der Waals surface area contributed by atoms with Gasteiger partial charge in [0.2, 0.25) is 5.91 Å². The zero-order valence-electron chi connectivity index (χ0n) is 13.5. The molecule has 0 saturated heterocycles. The first-order chi connectivity index (χ1) is 11.1. The van der Waals surface area contributed by atoms with E-state index in [2.05, 4.69) is 9.97 Å². The molecule has 0 radical (unpaired) electrons. The minimum Gasteiger partial charge on any atom is -0.342 e. The van der Waals surface area contributed by atoms with E-state index in [1.54, 1.807) is 0 Å². The summed E-state index contributed by atoms with van der Waals surface area (Å²) < 4.78 is 0. The zero-order chi connectivity index (χ0) is 15.7. The molecule has 4 atom stereocenters. The first-order valence-electron chi connectivity index (χ1n) is 9.01. The van der Waals surface area contributed by atoms with Gasteiger partial charge in [-0.05, 0) is 56.3 Å². The van der Waals surface area contributed by atoms with Crippen LogP contribution in [0.2, 0.25) is 0 Å². The molecule has 23 heavy (non-hydrogen) atoms. The van der Waals surface area contributed by atoms with E-state index in [0.29, 0.717) is 55.4 Å². The Kier molecular flexibility index (Phi) is 2.80. The van der Waals surface area contributed by atoms with Crippen molar-refractivity contribution in [1.82, 2.24) is 14.9 Å². The molecule has 2 heterocycles. The molecule has 1 aromatic heterocycles. The van der Waals surface area contributed by atoms with Gasteiger partial charge in [0.25, 0.3) is 5.56 Å². The summed E-state index contributed by atoms with van der Waals surface area (Å²) in [4.78, 5) is 34.4. The van der Waals surface area contributed by atoms with Gasteiger partial charge in [-0.25, -0.2) is 4.98 Å². The fraction of sp³-hybridized carbons (Fsp3) is 0.722. The van der Waals surface area contributed by atoms with Gasteiger partial charge in [0, 0.05) is 31.0 Å². The summed E-state index contributed by atoms with van der Waals surface area (Å²) in [5, 5.41) is 0. The number of hydrogen-bond acceptors (Lipinski definition) is 3. The van der Waals surface area contributed by atoms with Gasteiger partial charge >= 0.3 is 0 Å². The van der Waals surface area contributed by atoms with Crippen molar-refractivity contribution < 1.29 is 4.79 Å². The topological polar surface area (TPSA) is 66.1 Å². The highest BCUT2D eigenvalue weighted by Gasteiger charge is 2.67. The van der Waals surface area contributed by atoms with Gasteiger partial charge in [-0.15, -0.1) is 0 Å². The third-order valence-electron chi connectivity index (χ3n) is 6.80. The normalized spacial score (nSPS) is 37.3. The summed E-state index contributed by atoms with van der Waals surface area (Å²) in [6.45, 7) is 3.20. The number of fused-ring (bicyclic) bond motifs is 6. The molecule has 5 nitrogen and oxygen atoms in total. The average molecular weight is 313 g/mol. The third-order valence-corrected chi connectivity index (χ3v) is 6.80. The maximum Gasteiger partial charge on any atom is 0.254 e. The minimum atomic E-state index is -0.0249. The van der Waals surface area contributed by atoms with Crippen molar-refractivity contribution in [3.05, 3.63) is 27.4 Å². The summed E-state index contributed by atoms with van der Waals surface area (Å²) in [6.07, 6.45) is 5.42. The smallest absolute Gasteiger partial charge is 0.254 e. The Balaban J connectivity index is 1.33. The molecule has 3 saturated carbocycles. The lowest BCUT2D eigenvalue weighted by atomic mass is 10.0. The molecule has 3 aliphatic carbocycles. The fourth-order valence-corrected chi connectivity index (χ4v) is 5.82. The summed E-state index contributed by atoms with van der Waals surface area (Å²) in [5.41, 5.74) is 1.64. The number of nitrogens with zero attached hydrogens (tertiary/aromatic N) is 2. The number of carbonyl (C=O) groups is 1. The van der Waals surface area contributed by atoms with E-state index < -0.39 is 0 Å². The van der Waals surface area contributed by atoms with E-state index in [0.717, 1.165) is 23.1 Å². The molecule has 122 valence electrons. The van der Waals surface area contributed by atoms with Crippen LogP contribution in [0.5, 0.6) is 0 Å². The molecule has 4 aliphatic rings. The number of H-pyrrole nitrogens is 1. The zero-order valence-corrected chi connectivity index (χ0v) is 13.5. The summed E-state index contributed by atoms with van der Waals surface area (Å²) in [7, 11) is 0. The van der Waals surface area contributed by atoms with Crippen LogP contribution >= 0.6 is 0 Å². The van der Waals surface area contributed by atoms with Gasteiger partial charge in [-0.3, -0.25) is 9.59 Å². The van der Waals surface area contributed by atoms with Gasteiger partial charge in [-0.2, -0.15) is 0 Å². The van der Waals surface area contributed by atoms with Crippen molar-refractivity contribution in [2.24, 2.45) is 29.6 Å². The number of carbonyl (C=O) groups excluding carboxylic acids is 1. The highest BCUT2D eigenvalue weighted by molar-refractivity contribution is 5.83. The lowest BCUT2D eigenvalue weighted by molar-refractivity contribution is -0.133. The second kappa shape index (κ2) is 4.68. The second-order valence-corrected chi connectivity index (χ2v) is 7.92. The maximum atomic E-state index is 13.0. The van der Waals surface area contributed by atoms with E-state index in [1.165, 1.54) is 19.3 Å². The minimum absolute atomic E-state index is 0.0249. The summed E-state index contributed by atoms with van der Waals surface area (Å²) in [6, 6.07) is 0. The van der Waals surface area contributed by atoms with Crippen molar-refractivity contribution in [1.29, 1.82) is 0 Å². The standard InChI is InChI=1S/C18H23N3O2/c1-9-19-13-5-7-21(6-4-12(13)17(22)20-9)18(23)16-14-10-2-3-11(8-10)15(14)16/h10-11,14-16H,2-8H2,1H3,(H,19,20,22)/t10-,11-,14-,15-/m0/s1. The van der Waals surface area contributed by atoms with E-state index in [4.69, 9.17) is 0 Å². The van der Waals surface area contributed by atoms with Crippen LogP contribution in [0.4, 0.5) is 0 Å². The van der Waals surface area contributed by atoms with Crippen LogP contribution < -0.4 is 5.56 Å². The number of aromatic amines is 1. The van der Waals surface area contributed by atoms with Crippen LogP contribution in [-0.4, -0.2) is 33.9 Å². The number of rotatable bonds is 1. The Hall–Kier alpha value is -1.65. The first kappa shape index (κ1) is 13.8. The van der Waals surface area contributed by atoms with Crippen LogP contribution in [0, 0.1) is 36.5 Å². The number of hydrogen-bond donors (Lipinski definition) is 1. The lowest BCUT2D eigenvalue weighted by Crippen LogP contribution is -2.36. The summed E-state index contributed by atoms with van der Waals surface area (Å²) >= 11 is 0. The second-order valence-electron chi connectivity index (χ2n) is 7.92. The van der Waals surface area contributed by atoms with Gasteiger partial charge < -0.3 is 9.88 Å². The van der Waals surface area contributed by atoms with E-state index in [-0.39, 0.29) is 5.56 Å². The Morgan fingerprint density at radius 3 is 2.61 bits per heavy atom. The number of amides is 1. The maximum absolute atomic E-state index is 13.0. The Labute approximate surface area is 135 Å². The van der Waals surface area contributed by atoms with E-state index in [9.17, 15) is 9.59 Å². The molecule has 1 amide bonds. The van der Waals surface area contributed by atoms with Crippen LogP contribution in [0.15, 0.2) is 4.79 Å². The molecule has 1 N–H and O–H groups in total. The predicted octanol–water partition coefficient (Wildman–Crippen LogP) is 1.30. The van der Waals surface area contributed by atoms with Crippen LogP contribution in [0.25, 0.3) is 0 Å². The molecule has 5 rings (SSSR count). The molecular weight excluding hydrogens is 290 g/mol. The molecule has 2 bridgehead atoms. The fourth-order valence-electron chi connectivity index (χ4n) is 5.82. The monoisotopic (exact) mass is 313 g/mol. The summed E-state index contributed by atoms with van der Waals surface area (Å²) in [5.74, 6) is 4.37. The van der Waals surface area contributed by atoms with E-state index >= 15 is 0 Å². The number of aromatic nitrogens is 2. The van der Waals surface area contributed by atoms with E-state index in [1.807, 2.05) is 11.8 Å². The van der Waals surface area contributed by atoms with Gasteiger partial charge in [-0.1, -0.05) is 0 Å². The molecule has 3 fully saturated rings. The highest BCUT2D eigenvalue weighted by Crippen LogP contribution is 2.69. The van der Waals surface area contributed by atoms with Crippen LogP contribution in [0.1, 0.15) is 36.3 Å². The van der Waals surface area contributed by atoms with Gasteiger partial charge in [0.15, 0.2) is 0 Å². The number of aryl methyl sites for hydroxylation is 1. The lowest BCUT2D eigenvalue weighted by Gasteiger charge is -2.22. The first-order valence-corrected chi connectivity index (χ1v) is 9.01. The molecule has 0 spiro atoms. The van der Waals surface area contributed by atoms with Crippen molar-refractivity contribution in [3.63, 3.8) is 0 Å². The quantitative estimate of drug-likeness (QED) is 0.850. The number of nitrogens with one attached hydrogen (secondary N) is 1. The molecule has 5 heteroatoms. The van der Waals surface area contributed by atoms with Crippen molar-refractivity contribution in [2.45, 2.75) is 39.0 Å². The third kappa shape index (κ3) is 1.95. The predicted molar refractivity (Wildman–Crippen MR) is 84.9 cm³/mol. The van der Waals surface area contributed by atoms with Crippen molar-refractivity contribution in [3.8, 4) is 0 Å². The Bertz CT molecular complexity index is 724. The molecule has 0 aromatic carbocycles. The highest BCUT2D eigenvalue weighted by atomic mass is 16.2. The SMILES string of the molecule is Cc1nc2c(c(=O)[nH]1)CCN(C(=O)C1[C@H]3[C@H]4CC[C@@H](C4)[C@H]13)CC2.